The van der Waals surface area contributed by atoms with E-state index in [0.717, 1.165) is 0 Å². The summed E-state index contributed by atoms with van der Waals surface area (Å²) in [6.45, 7) is 5.52. The molecule has 3 aromatic rings. The van der Waals surface area contributed by atoms with E-state index >= 15 is 0 Å². The summed E-state index contributed by atoms with van der Waals surface area (Å²) in [7, 11) is -3.73. The smallest absolute Gasteiger partial charge is 0.338 e. The summed E-state index contributed by atoms with van der Waals surface area (Å²) in [6, 6.07) is 17.7. The molecule has 0 aliphatic rings. The van der Waals surface area contributed by atoms with Gasteiger partial charge in [0.05, 0.1) is 22.8 Å². The summed E-state index contributed by atoms with van der Waals surface area (Å²) in [6.07, 6.45) is 0. The van der Waals surface area contributed by atoms with Gasteiger partial charge >= 0.3 is 5.97 Å². The first-order valence-electron chi connectivity index (χ1n) is 9.99. The van der Waals surface area contributed by atoms with Crippen LogP contribution in [0.3, 0.4) is 0 Å². The molecule has 0 heterocycles. The van der Waals surface area contributed by atoms with Crippen LogP contribution in [0, 0.1) is 13.8 Å². The zero-order valence-corrected chi connectivity index (χ0v) is 18.8. The number of amides is 1. The second-order valence-corrected chi connectivity index (χ2v) is 8.83. The van der Waals surface area contributed by atoms with Gasteiger partial charge in [-0.05, 0) is 80.4 Å². The number of sulfonamides is 1. The second kappa shape index (κ2) is 9.65. The summed E-state index contributed by atoms with van der Waals surface area (Å²) in [5.41, 5.74) is 3.06. The number of benzene rings is 3. The van der Waals surface area contributed by atoms with Crippen molar-refractivity contribution >= 4 is 33.3 Å². The highest BCUT2D eigenvalue weighted by atomic mass is 32.2. The molecule has 3 rings (SSSR count). The molecule has 0 radical (unpaired) electrons. The number of nitrogens with one attached hydrogen (secondary N) is 2. The van der Waals surface area contributed by atoms with Crippen LogP contribution >= 0.6 is 0 Å². The van der Waals surface area contributed by atoms with Crippen molar-refractivity contribution in [1.29, 1.82) is 0 Å². The monoisotopic (exact) mass is 452 g/mol. The van der Waals surface area contributed by atoms with Crippen molar-refractivity contribution in [3.05, 3.63) is 89.0 Å². The van der Waals surface area contributed by atoms with Crippen LogP contribution in [0.4, 0.5) is 11.4 Å². The molecule has 2 N–H and O–H groups in total. The molecule has 8 heteroatoms. The third-order valence-electron chi connectivity index (χ3n) is 4.77. The summed E-state index contributed by atoms with van der Waals surface area (Å²) < 4.78 is 32.6. The van der Waals surface area contributed by atoms with E-state index in [9.17, 15) is 18.0 Å². The highest BCUT2D eigenvalue weighted by molar-refractivity contribution is 7.92. The Morgan fingerprint density at radius 2 is 1.44 bits per heavy atom. The fourth-order valence-corrected chi connectivity index (χ4v) is 4.21. The van der Waals surface area contributed by atoms with Crippen molar-refractivity contribution < 1.29 is 22.7 Å². The molecule has 0 saturated heterocycles. The first-order valence-corrected chi connectivity index (χ1v) is 11.5. The van der Waals surface area contributed by atoms with E-state index < -0.39 is 16.0 Å². The van der Waals surface area contributed by atoms with Crippen molar-refractivity contribution in [2.24, 2.45) is 0 Å². The van der Waals surface area contributed by atoms with Crippen LogP contribution in [-0.4, -0.2) is 26.9 Å². The number of esters is 1. The van der Waals surface area contributed by atoms with Gasteiger partial charge < -0.3 is 10.1 Å². The van der Waals surface area contributed by atoms with Crippen LogP contribution in [0.2, 0.25) is 0 Å². The van der Waals surface area contributed by atoms with Crippen molar-refractivity contribution in [2.75, 3.05) is 16.6 Å². The number of hydrogen-bond acceptors (Lipinski definition) is 5. The number of aryl methyl sites for hydroxylation is 2. The normalized spacial score (nSPS) is 11.0. The lowest BCUT2D eigenvalue weighted by Crippen LogP contribution is -2.16. The Hall–Kier alpha value is -3.65. The molecular formula is C24H24N2O5S. The van der Waals surface area contributed by atoms with Gasteiger partial charge in [0, 0.05) is 11.3 Å². The first kappa shape index (κ1) is 23.0. The van der Waals surface area contributed by atoms with Crippen molar-refractivity contribution in [2.45, 2.75) is 25.7 Å². The first-order chi connectivity index (χ1) is 15.2. The molecule has 7 nitrogen and oxygen atoms in total. The molecule has 0 atom stereocenters. The average Bonchev–Trinajstić information content (AvgIpc) is 2.77. The fourth-order valence-electron chi connectivity index (χ4n) is 3.06. The third kappa shape index (κ3) is 5.33. The van der Waals surface area contributed by atoms with Crippen LogP contribution in [-0.2, 0) is 14.8 Å². The van der Waals surface area contributed by atoms with Crippen LogP contribution in [0.25, 0.3) is 0 Å². The van der Waals surface area contributed by atoms with Gasteiger partial charge in [-0.25, -0.2) is 13.2 Å². The van der Waals surface area contributed by atoms with Crippen LogP contribution in [0.15, 0.2) is 71.6 Å². The van der Waals surface area contributed by atoms with E-state index in [-0.39, 0.29) is 17.4 Å². The van der Waals surface area contributed by atoms with E-state index in [4.69, 9.17) is 4.74 Å². The Morgan fingerprint density at radius 3 is 2.06 bits per heavy atom. The molecule has 0 unspecified atom stereocenters. The standard InChI is InChI=1S/C24H24N2O5S/c1-4-31-24(28)19-11-12-21(16(2)15-19)25-23(27)18-10-13-22(17(3)14-18)26-32(29,30)20-8-6-5-7-9-20/h5-15,26H,4H2,1-3H3,(H,25,27). The number of ether oxygens (including phenoxy) is 1. The number of anilines is 2. The van der Waals surface area contributed by atoms with Gasteiger partial charge in [-0.3, -0.25) is 9.52 Å². The largest absolute Gasteiger partial charge is 0.462 e. The minimum absolute atomic E-state index is 0.156. The summed E-state index contributed by atoms with van der Waals surface area (Å²) in [4.78, 5) is 24.7. The zero-order chi connectivity index (χ0) is 23.3. The minimum atomic E-state index is -3.73. The predicted octanol–water partition coefficient (Wildman–Crippen LogP) is 4.53. The maximum Gasteiger partial charge on any atom is 0.338 e. The van der Waals surface area contributed by atoms with Gasteiger partial charge in [0.15, 0.2) is 0 Å². The number of rotatable bonds is 7. The molecule has 0 spiro atoms. The quantitative estimate of drug-likeness (QED) is 0.513. The van der Waals surface area contributed by atoms with Gasteiger partial charge in [0.25, 0.3) is 15.9 Å². The van der Waals surface area contributed by atoms with Crippen molar-refractivity contribution in [1.82, 2.24) is 0 Å². The topological polar surface area (TPSA) is 102 Å². The lowest BCUT2D eigenvalue weighted by molar-refractivity contribution is 0.0526. The molecule has 0 aliphatic heterocycles. The molecule has 0 fully saturated rings. The van der Waals surface area contributed by atoms with E-state index in [0.29, 0.717) is 33.6 Å². The molecule has 1 amide bonds. The molecule has 0 aliphatic carbocycles. The molecule has 32 heavy (non-hydrogen) atoms. The van der Waals surface area contributed by atoms with E-state index in [1.165, 1.54) is 12.1 Å². The zero-order valence-electron chi connectivity index (χ0n) is 18.0. The van der Waals surface area contributed by atoms with E-state index in [2.05, 4.69) is 10.0 Å². The third-order valence-corrected chi connectivity index (χ3v) is 6.15. The van der Waals surface area contributed by atoms with Gasteiger partial charge in [-0.1, -0.05) is 18.2 Å². The van der Waals surface area contributed by atoms with Crippen LogP contribution in [0.5, 0.6) is 0 Å². The minimum Gasteiger partial charge on any atom is -0.462 e. The molecular weight excluding hydrogens is 428 g/mol. The van der Waals surface area contributed by atoms with Crippen LogP contribution in [0.1, 0.15) is 38.8 Å². The predicted molar refractivity (Wildman–Crippen MR) is 124 cm³/mol. The summed E-state index contributed by atoms with van der Waals surface area (Å²) >= 11 is 0. The van der Waals surface area contributed by atoms with Gasteiger partial charge in [-0.2, -0.15) is 0 Å². The maximum absolute atomic E-state index is 12.7. The Balaban J connectivity index is 1.75. The molecule has 0 saturated carbocycles. The Bertz CT molecular complexity index is 1250. The molecule has 3 aromatic carbocycles. The summed E-state index contributed by atoms with van der Waals surface area (Å²) in [5.74, 6) is -0.768. The lowest BCUT2D eigenvalue weighted by atomic mass is 10.1. The Morgan fingerprint density at radius 1 is 0.844 bits per heavy atom. The highest BCUT2D eigenvalue weighted by Gasteiger charge is 2.16. The average molecular weight is 453 g/mol. The van der Waals surface area contributed by atoms with Gasteiger partial charge in [-0.15, -0.1) is 0 Å². The highest BCUT2D eigenvalue weighted by Crippen LogP contribution is 2.23. The number of carbonyl (C=O) groups excluding carboxylic acids is 2. The molecule has 0 bridgehead atoms. The second-order valence-electron chi connectivity index (χ2n) is 7.15. The van der Waals surface area contributed by atoms with Crippen LogP contribution < -0.4 is 10.0 Å². The lowest BCUT2D eigenvalue weighted by Gasteiger charge is -2.13. The molecule has 166 valence electrons. The Labute approximate surface area is 187 Å². The van der Waals surface area contributed by atoms with Crippen molar-refractivity contribution in [3.8, 4) is 0 Å². The molecule has 0 aromatic heterocycles. The Kier molecular flexibility index (Phi) is 6.95. The maximum atomic E-state index is 12.7. The number of hydrogen-bond donors (Lipinski definition) is 2. The number of carbonyl (C=O) groups is 2. The van der Waals surface area contributed by atoms with E-state index in [1.54, 1.807) is 75.4 Å². The van der Waals surface area contributed by atoms with E-state index in [1.807, 2.05) is 0 Å². The van der Waals surface area contributed by atoms with Gasteiger partial charge in [0.2, 0.25) is 0 Å². The van der Waals surface area contributed by atoms with Gasteiger partial charge in [0.1, 0.15) is 0 Å². The fraction of sp³-hybridized carbons (Fsp3) is 0.167. The SMILES string of the molecule is CCOC(=O)c1ccc(NC(=O)c2ccc(NS(=O)(=O)c3ccccc3)c(C)c2)c(C)c1. The summed E-state index contributed by atoms with van der Waals surface area (Å²) in [5, 5.41) is 2.82. The van der Waals surface area contributed by atoms with Crippen molar-refractivity contribution in [3.63, 3.8) is 0 Å².